The summed E-state index contributed by atoms with van der Waals surface area (Å²) in [4.78, 5) is 8.89. The third-order valence-electron chi connectivity index (χ3n) is 7.08. The highest BCUT2D eigenvalue weighted by molar-refractivity contribution is 6.32. The largest absolute Gasteiger partial charge is 0.460 e. The average molecular weight is 558 g/mol. The lowest BCUT2D eigenvalue weighted by Gasteiger charge is -2.27. The second-order valence-electron chi connectivity index (χ2n) is 10.1. The minimum absolute atomic E-state index is 0.281. The van der Waals surface area contributed by atoms with Gasteiger partial charge in [0, 0.05) is 34.8 Å². The highest BCUT2D eigenvalue weighted by atomic mass is 35.5. The summed E-state index contributed by atoms with van der Waals surface area (Å²) in [6.45, 7) is 0.667. The number of halogens is 2. The number of benzene rings is 3. The number of hydrogen-bond donors (Lipinski definition) is 3. The Labute approximate surface area is 236 Å². The molecule has 40 heavy (non-hydrogen) atoms. The number of furan rings is 1. The maximum atomic E-state index is 13.5. The molecule has 2 aromatic heterocycles. The first-order chi connectivity index (χ1) is 19.5. The van der Waals surface area contributed by atoms with Crippen LogP contribution in [0.15, 0.2) is 83.5 Å². The molecule has 5 aromatic rings. The summed E-state index contributed by atoms with van der Waals surface area (Å²) in [5.41, 5.74) is 8.56. The van der Waals surface area contributed by atoms with Crippen molar-refractivity contribution in [3.05, 3.63) is 95.7 Å². The molecule has 4 N–H and O–H groups in total. The van der Waals surface area contributed by atoms with E-state index in [1.807, 2.05) is 36.4 Å². The first kappa shape index (κ1) is 26.3. The Hall–Kier alpha value is -3.98. The normalized spacial score (nSPS) is 17.2. The highest BCUT2D eigenvalue weighted by Gasteiger charge is 2.19. The molecule has 9 heteroatoms. The number of anilines is 2. The molecule has 0 spiro atoms. The SMILES string of the molecule is NC1CCCC(NCc2ccc(-c3ccc4ncnc(Nc5ccc(Oc6cccc(F)c6)c(Cl)c5)c4c3)o2)C1. The number of rotatable bonds is 8. The van der Waals surface area contributed by atoms with E-state index < -0.39 is 0 Å². The van der Waals surface area contributed by atoms with Gasteiger partial charge in [-0.3, -0.25) is 0 Å². The van der Waals surface area contributed by atoms with Crippen LogP contribution in [0.25, 0.3) is 22.2 Å². The van der Waals surface area contributed by atoms with E-state index in [4.69, 9.17) is 26.5 Å². The molecule has 0 bridgehead atoms. The molecule has 0 amide bonds. The van der Waals surface area contributed by atoms with E-state index in [1.54, 1.807) is 24.3 Å². The van der Waals surface area contributed by atoms with Crippen molar-refractivity contribution in [2.45, 2.75) is 44.3 Å². The van der Waals surface area contributed by atoms with Crippen molar-refractivity contribution >= 4 is 34.0 Å². The summed E-state index contributed by atoms with van der Waals surface area (Å²) < 4.78 is 25.4. The standard InChI is InChI=1S/C31H29ClFN5O2/c32-27-16-23(8-11-30(27)39-24-6-1-3-20(33)14-24)38-31-26-13-19(7-10-28(26)36-18-37-31)29-12-9-25(40-29)17-35-22-5-2-4-21(34)15-22/h1,3,6-14,16,18,21-22,35H,2,4-5,15,17,34H2,(H,36,37,38). The second kappa shape index (κ2) is 11.6. The van der Waals surface area contributed by atoms with Crippen molar-refractivity contribution in [1.82, 2.24) is 15.3 Å². The molecule has 0 saturated heterocycles. The van der Waals surface area contributed by atoms with Gasteiger partial charge in [-0.05, 0) is 79.9 Å². The van der Waals surface area contributed by atoms with Gasteiger partial charge in [-0.2, -0.15) is 0 Å². The molecule has 2 unspecified atom stereocenters. The summed E-state index contributed by atoms with van der Waals surface area (Å²) in [5.74, 6) is 2.69. The molecular formula is C31H29ClFN5O2. The predicted molar refractivity (Wildman–Crippen MR) is 156 cm³/mol. The number of nitrogens with zero attached hydrogens (tertiary/aromatic N) is 2. The zero-order chi connectivity index (χ0) is 27.5. The van der Waals surface area contributed by atoms with Gasteiger partial charge < -0.3 is 25.5 Å². The van der Waals surface area contributed by atoms with Crippen LogP contribution in [-0.2, 0) is 6.54 Å². The van der Waals surface area contributed by atoms with Crippen LogP contribution in [0, 0.1) is 5.82 Å². The number of hydrogen-bond acceptors (Lipinski definition) is 7. The molecule has 7 nitrogen and oxygen atoms in total. The minimum Gasteiger partial charge on any atom is -0.460 e. The molecule has 0 radical (unpaired) electrons. The molecule has 1 aliphatic rings. The van der Waals surface area contributed by atoms with E-state index in [0.29, 0.717) is 34.9 Å². The fraction of sp³-hybridized carbons (Fsp3) is 0.226. The summed E-state index contributed by atoms with van der Waals surface area (Å²) in [7, 11) is 0. The number of ether oxygens (including phenoxy) is 1. The van der Waals surface area contributed by atoms with Gasteiger partial charge in [0.2, 0.25) is 0 Å². The first-order valence-electron chi connectivity index (χ1n) is 13.3. The molecule has 1 saturated carbocycles. The number of aromatic nitrogens is 2. The zero-order valence-electron chi connectivity index (χ0n) is 21.7. The van der Waals surface area contributed by atoms with Gasteiger partial charge in [-0.15, -0.1) is 0 Å². The lowest BCUT2D eigenvalue weighted by atomic mass is 9.92. The fourth-order valence-electron chi connectivity index (χ4n) is 5.05. The maximum Gasteiger partial charge on any atom is 0.146 e. The van der Waals surface area contributed by atoms with Gasteiger partial charge >= 0.3 is 0 Å². The van der Waals surface area contributed by atoms with Gasteiger partial charge in [0.1, 0.15) is 41.0 Å². The quantitative estimate of drug-likeness (QED) is 0.181. The van der Waals surface area contributed by atoms with Crippen molar-refractivity contribution in [1.29, 1.82) is 0 Å². The second-order valence-corrected chi connectivity index (χ2v) is 10.5. The van der Waals surface area contributed by atoms with Crippen molar-refractivity contribution in [3.63, 3.8) is 0 Å². The maximum absolute atomic E-state index is 13.5. The third-order valence-corrected chi connectivity index (χ3v) is 7.38. The van der Waals surface area contributed by atoms with Crippen LogP contribution in [0.4, 0.5) is 15.9 Å². The number of nitrogens with two attached hydrogens (primary N) is 1. The van der Waals surface area contributed by atoms with Crippen molar-refractivity contribution in [2.24, 2.45) is 5.73 Å². The van der Waals surface area contributed by atoms with Crippen LogP contribution < -0.4 is 21.1 Å². The van der Waals surface area contributed by atoms with Crippen LogP contribution in [0.5, 0.6) is 11.5 Å². The summed E-state index contributed by atoms with van der Waals surface area (Å²) >= 11 is 6.48. The molecular weight excluding hydrogens is 529 g/mol. The lowest BCUT2D eigenvalue weighted by molar-refractivity contribution is 0.329. The Morgan fingerprint density at radius 3 is 2.80 bits per heavy atom. The lowest BCUT2D eigenvalue weighted by Crippen LogP contribution is -2.38. The van der Waals surface area contributed by atoms with E-state index in [0.717, 1.165) is 59.4 Å². The molecule has 2 heterocycles. The van der Waals surface area contributed by atoms with Crippen molar-refractivity contribution < 1.29 is 13.5 Å². The topological polar surface area (TPSA) is 98.2 Å². The van der Waals surface area contributed by atoms with Crippen LogP contribution in [-0.4, -0.2) is 22.1 Å². The van der Waals surface area contributed by atoms with Crippen molar-refractivity contribution in [3.8, 4) is 22.8 Å². The molecule has 6 rings (SSSR count). The van der Waals surface area contributed by atoms with E-state index >= 15 is 0 Å². The molecule has 3 aromatic carbocycles. The van der Waals surface area contributed by atoms with E-state index in [2.05, 4.69) is 20.6 Å². The van der Waals surface area contributed by atoms with Crippen LogP contribution in [0.3, 0.4) is 0 Å². The molecule has 0 aliphatic heterocycles. The fourth-order valence-corrected chi connectivity index (χ4v) is 5.27. The van der Waals surface area contributed by atoms with Crippen molar-refractivity contribution in [2.75, 3.05) is 5.32 Å². The average Bonchev–Trinajstić information content (AvgIpc) is 3.43. The minimum atomic E-state index is -0.381. The highest BCUT2D eigenvalue weighted by Crippen LogP contribution is 2.34. The van der Waals surface area contributed by atoms with E-state index in [9.17, 15) is 4.39 Å². The zero-order valence-corrected chi connectivity index (χ0v) is 22.5. The van der Waals surface area contributed by atoms with Gasteiger partial charge in [0.15, 0.2) is 0 Å². The Kier molecular flexibility index (Phi) is 7.64. The van der Waals surface area contributed by atoms with E-state index in [-0.39, 0.29) is 11.9 Å². The van der Waals surface area contributed by atoms with Crippen LogP contribution >= 0.6 is 11.6 Å². The molecule has 1 fully saturated rings. The smallest absolute Gasteiger partial charge is 0.146 e. The third kappa shape index (κ3) is 6.09. The monoisotopic (exact) mass is 557 g/mol. The van der Waals surface area contributed by atoms with Gasteiger partial charge in [-0.1, -0.05) is 24.1 Å². The molecule has 1 aliphatic carbocycles. The van der Waals surface area contributed by atoms with Crippen LogP contribution in [0.1, 0.15) is 31.4 Å². The molecule has 204 valence electrons. The van der Waals surface area contributed by atoms with Gasteiger partial charge in [0.05, 0.1) is 17.1 Å². The summed E-state index contributed by atoms with van der Waals surface area (Å²) in [5, 5.41) is 8.13. The van der Waals surface area contributed by atoms with E-state index in [1.165, 1.54) is 18.5 Å². The first-order valence-corrected chi connectivity index (χ1v) is 13.7. The Morgan fingerprint density at radius 1 is 1.02 bits per heavy atom. The summed E-state index contributed by atoms with van der Waals surface area (Å²) in [6, 6.07) is 21.8. The number of nitrogens with one attached hydrogen (secondary N) is 2. The Morgan fingerprint density at radius 2 is 1.95 bits per heavy atom. The summed E-state index contributed by atoms with van der Waals surface area (Å²) in [6.07, 6.45) is 5.94. The van der Waals surface area contributed by atoms with Crippen LogP contribution in [0.2, 0.25) is 5.02 Å². The van der Waals surface area contributed by atoms with Gasteiger partial charge in [0.25, 0.3) is 0 Å². The van der Waals surface area contributed by atoms with Gasteiger partial charge in [-0.25, -0.2) is 14.4 Å². The predicted octanol–water partition coefficient (Wildman–Crippen LogP) is 7.58. The Balaban J connectivity index is 1.18. The number of fused-ring (bicyclic) bond motifs is 1. The molecule has 2 atom stereocenters. The Bertz CT molecular complexity index is 1640.